The third-order valence-electron chi connectivity index (χ3n) is 18.4. The number of hydrogen-bond donors (Lipinski definition) is 10. The van der Waals surface area contributed by atoms with E-state index in [1.165, 1.54) is 24.3 Å². The Morgan fingerprint density at radius 3 is 1.24 bits per heavy atom. The molecule has 0 saturated carbocycles. The van der Waals surface area contributed by atoms with E-state index in [0.717, 1.165) is 77.0 Å². The fourth-order valence-corrected chi connectivity index (χ4v) is 11.5. The van der Waals surface area contributed by atoms with Gasteiger partial charge in [0.05, 0.1) is 102 Å². The van der Waals surface area contributed by atoms with Gasteiger partial charge >= 0.3 is 23.9 Å². The topological polar surface area (TPSA) is 484 Å². The third kappa shape index (κ3) is 63.0. The lowest BCUT2D eigenvalue weighted by Gasteiger charge is -2.17. The zero-order chi connectivity index (χ0) is 87.7. The maximum atomic E-state index is 12.4. The predicted molar refractivity (Wildman–Crippen MR) is 439 cm³/mol. The van der Waals surface area contributed by atoms with Gasteiger partial charge in [-0.2, -0.15) is 0 Å². The van der Waals surface area contributed by atoms with Gasteiger partial charge in [-0.3, -0.25) is 52.7 Å². The van der Waals surface area contributed by atoms with Crippen LogP contribution >= 0.6 is 0 Å². The smallest absolute Gasteiger partial charge is 0.335 e. The number of likely N-dealkylation sites (N-methyl/N-ethyl adjacent to an activating group) is 1. The highest BCUT2D eigenvalue weighted by atomic mass is 16.5. The van der Waals surface area contributed by atoms with Crippen LogP contribution in [0.3, 0.4) is 0 Å². The first-order chi connectivity index (χ1) is 57.4. The molecule has 10 N–H and O–H groups in total. The van der Waals surface area contributed by atoms with Crippen molar-refractivity contribution < 1.29 is 135 Å². The van der Waals surface area contributed by atoms with E-state index in [9.17, 15) is 77.3 Å². The van der Waals surface area contributed by atoms with Gasteiger partial charge in [-0.15, -0.1) is 0 Å². The molecule has 34 nitrogen and oxygen atoms in total. The summed E-state index contributed by atoms with van der Waals surface area (Å²) in [4.78, 5) is 166. The highest BCUT2D eigenvalue weighted by molar-refractivity contribution is 5.89. The van der Waals surface area contributed by atoms with E-state index in [0.29, 0.717) is 122 Å². The van der Waals surface area contributed by atoms with Gasteiger partial charge in [-0.25, -0.2) is 14.4 Å². The zero-order valence-electron chi connectivity index (χ0n) is 70.6. The monoisotopic (exact) mass is 1690 g/mol. The molecule has 0 aliphatic rings. The van der Waals surface area contributed by atoms with Crippen LogP contribution in [0.2, 0.25) is 0 Å². The minimum absolute atomic E-state index is 0.00111. The first-order valence-electron chi connectivity index (χ1n) is 42.0. The van der Waals surface area contributed by atoms with E-state index < -0.39 is 35.8 Å². The number of rotatable bonds is 80. The largest absolute Gasteiger partial charge is 0.494 e. The minimum atomic E-state index is -1.19. The number of benzene rings is 2. The number of Topliss-reactive ketones (excluding diaryl/α,β-unsaturated/α-hetero) is 5. The first-order valence-corrected chi connectivity index (χ1v) is 42.0. The lowest BCUT2D eigenvalue weighted by Crippen LogP contribution is -2.41. The normalized spacial score (nSPS) is 12.0. The molecule has 34 heteroatoms. The van der Waals surface area contributed by atoms with Crippen molar-refractivity contribution in [1.82, 2.24) is 31.9 Å². The second kappa shape index (κ2) is 73.2. The molecule has 119 heavy (non-hydrogen) atoms. The summed E-state index contributed by atoms with van der Waals surface area (Å²) in [7, 11) is 1.78. The lowest BCUT2D eigenvalue weighted by atomic mass is 9.90. The number of aliphatic carboxylic acids is 2. The Balaban J connectivity index is 0.00000123. The van der Waals surface area contributed by atoms with Crippen molar-refractivity contribution in [2.24, 2.45) is 11.8 Å². The maximum absolute atomic E-state index is 12.4. The summed E-state index contributed by atoms with van der Waals surface area (Å²) in [5, 5.41) is 53.3. The molecule has 0 aliphatic heterocycles. The predicted octanol–water partition coefficient (Wildman–Crippen LogP) is 7.82. The van der Waals surface area contributed by atoms with Crippen molar-refractivity contribution >= 4 is 82.3 Å². The number of hydrogen-bond acceptors (Lipinski definition) is 25. The van der Waals surface area contributed by atoms with Crippen LogP contribution in [0.5, 0.6) is 11.5 Å². The molecule has 0 heterocycles. The fourth-order valence-electron chi connectivity index (χ4n) is 11.5. The Bertz CT molecular complexity index is 3180. The van der Waals surface area contributed by atoms with Crippen LogP contribution in [0.1, 0.15) is 228 Å². The standard InChI is InChI=1S/C48H78N4O15.C37H58N2O13/c1-4-13-41(49-3)43(55)24-19-37(36(2)53)14-9-10-25-50-45(57)34-66-33-31-64-29-26-51-46(58)35-65-32-30-63-27-12-15-39(54)20-23-42(48(61)62)52-44(56)16-8-6-5-7-11-28-67-40-21-17-38(18-22-40)47(59)60;1-2-17-38-35(43)28-51-25-22-48-19-8-10-32(41)27-50-24-23-49-21-18-39-34(42)16-13-30(37(46)47)26-31(40)9-6-4-3-5-7-20-52-33-14-11-29(12-15-33)36(44)45/h17-18,21-22,37,41-42,49H,4-16,19-20,23-35H2,1-3H3,(H,50,57)(H,51,58)(H,52,56)(H,59,60)(H,61,62);11-12,14-15,30H,2-10,13,16-28H2,1H3,(H,38,43)(H,39,42)(H,44,45)(H,46,47)/t37-,41+,42+;30-/m11/s1. The Morgan fingerprint density at radius 2 is 0.765 bits per heavy atom. The summed E-state index contributed by atoms with van der Waals surface area (Å²) in [6.07, 6.45) is 15.7. The molecule has 2 aromatic rings. The van der Waals surface area contributed by atoms with Crippen LogP contribution in [-0.4, -0.2) is 267 Å². The number of unbranched alkanes of at least 4 members (excludes halogenated alkanes) is 9. The van der Waals surface area contributed by atoms with Gasteiger partial charge < -0.3 is 99.7 Å². The number of ketones is 5. The van der Waals surface area contributed by atoms with E-state index in [1.807, 2.05) is 13.8 Å². The molecular formula is C85H136N6O28. The molecule has 2 rings (SSSR count). The van der Waals surface area contributed by atoms with Crippen LogP contribution in [0, 0.1) is 11.8 Å². The molecule has 0 unspecified atom stereocenters. The van der Waals surface area contributed by atoms with Crippen molar-refractivity contribution in [2.45, 2.75) is 219 Å². The molecule has 2 aromatic carbocycles. The van der Waals surface area contributed by atoms with E-state index >= 15 is 0 Å². The molecule has 4 atom stereocenters. The lowest BCUT2D eigenvalue weighted by molar-refractivity contribution is -0.144. The van der Waals surface area contributed by atoms with E-state index in [-0.39, 0.29) is 225 Å². The number of carbonyl (C=O) groups excluding carboxylic acids is 10. The number of amides is 5. The number of carboxylic acid groups (broad SMARTS) is 4. The quantitative estimate of drug-likeness (QED) is 0.0282. The molecule has 0 bridgehead atoms. The van der Waals surface area contributed by atoms with Crippen molar-refractivity contribution in [3.63, 3.8) is 0 Å². The van der Waals surface area contributed by atoms with Gasteiger partial charge in [0.2, 0.25) is 29.5 Å². The second-order valence-electron chi connectivity index (χ2n) is 28.5. The summed E-state index contributed by atoms with van der Waals surface area (Å²) in [6, 6.07) is 11.1. The van der Waals surface area contributed by atoms with Crippen LogP contribution in [-0.2, 0) is 95.4 Å². The number of nitrogens with one attached hydrogen (secondary N) is 6. The third-order valence-corrected chi connectivity index (χ3v) is 18.4. The van der Waals surface area contributed by atoms with Crippen molar-refractivity contribution in [3.8, 4) is 11.5 Å². The van der Waals surface area contributed by atoms with Crippen LogP contribution < -0.4 is 41.4 Å². The molecule has 0 saturated heterocycles. The summed E-state index contributed by atoms with van der Waals surface area (Å²) in [5.41, 5.74) is 0.396. The number of carbonyl (C=O) groups is 14. The first kappa shape index (κ1) is 108. The molecular weight excluding hydrogens is 1550 g/mol. The zero-order valence-corrected chi connectivity index (χ0v) is 70.6. The Kier molecular flexibility index (Phi) is 66.6. The molecule has 674 valence electrons. The Labute approximate surface area is 700 Å². The van der Waals surface area contributed by atoms with Crippen molar-refractivity contribution in [1.29, 1.82) is 0 Å². The van der Waals surface area contributed by atoms with Crippen LogP contribution in [0.25, 0.3) is 0 Å². The molecule has 0 spiro atoms. The molecule has 0 aromatic heterocycles. The molecule has 5 amide bonds. The average molecular weight is 1690 g/mol. The minimum Gasteiger partial charge on any atom is -0.494 e. The fraction of sp³-hybridized carbons (Fsp3) is 0.694. The van der Waals surface area contributed by atoms with E-state index in [2.05, 4.69) is 31.9 Å². The Morgan fingerprint density at radius 1 is 0.328 bits per heavy atom. The number of ether oxygens (including phenoxy) is 10. The number of aromatic carboxylic acids is 2. The van der Waals surface area contributed by atoms with Gasteiger partial charge in [0, 0.05) is 96.7 Å². The van der Waals surface area contributed by atoms with E-state index in [1.54, 1.807) is 38.2 Å². The summed E-state index contributed by atoms with van der Waals surface area (Å²) in [5.74, 6) is -5.65. The summed E-state index contributed by atoms with van der Waals surface area (Å²) < 4.78 is 54.0. The van der Waals surface area contributed by atoms with Gasteiger partial charge in [0.15, 0.2) is 5.78 Å². The molecule has 0 fully saturated rings. The second-order valence-corrected chi connectivity index (χ2v) is 28.5. The van der Waals surface area contributed by atoms with Gasteiger partial charge in [-0.1, -0.05) is 65.2 Å². The maximum Gasteiger partial charge on any atom is 0.335 e. The molecule has 0 radical (unpaired) electrons. The number of carboxylic acids is 4. The SMILES string of the molecule is CCCNC(=O)COCCOCCCC(=O)COCCOCCNC(=O)CC[C@H](CC(=O)CCCCCCCOc1ccc(C(=O)O)cc1)C(=O)O.CCC[C@H](NC)C(=O)CC[C@@H](CCCCNC(=O)COCCOCCNC(=O)COCCOCCCC(=O)CC[C@H](NC(=O)CCCCCCCOc1ccc(C(=O)O)cc1)C(=O)O)C(C)=O. The Hall–Kier alpha value is -8.74. The molecule has 0 aliphatic carbocycles. The van der Waals surface area contributed by atoms with Crippen LogP contribution in [0.15, 0.2) is 48.5 Å². The average Bonchev–Trinajstić information content (AvgIpc) is 0.901. The summed E-state index contributed by atoms with van der Waals surface area (Å²) >= 11 is 0. The highest BCUT2D eigenvalue weighted by Crippen LogP contribution is 2.20. The van der Waals surface area contributed by atoms with E-state index in [4.69, 9.17) is 57.6 Å². The van der Waals surface area contributed by atoms with Crippen LogP contribution in [0.4, 0.5) is 0 Å². The van der Waals surface area contributed by atoms with Gasteiger partial charge in [0.25, 0.3) is 0 Å². The van der Waals surface area contributed by atoms with Gasteiger partial charge in [-0.05, 0) is 146 Å². The van der Waals surface area contributed by atoms with Crippen molar-refractivity contribution in [2.75, 3.05) is 152 Å². The highest BCUT2D eigenvalue weighted by Gasteiger charge is 2.25. The summed E-state index contributed by atoms with van der Waals surface area (Å²) in [6.45, 7) is 10.9. The van der Waals surface area contributed by atoms with Crippen molar-refractivity contribution in [3.05, 3.63) is 59.7 Å². The van der Waals surface area contributed by atoms with Gasteiger partial charge in [0.1, 0.15) is 67.1 Å².